The molecule has 22 heavy (non-hydrogen) atoms. The van der Waals surface area contributed by atoms with Crippen LogP contribution in [0, 0.1) is 0 Å². The number of hydrogen-bond acceptors (Lipinski definition) is 3. The second-order valence-electron chi connectivity index (χ2n) is 6.06. The lowest BCUT2D eigenvalue weighted by atomic mass is 9.83. The summed E-state index contributed by atoms with van der Waals surface area (Å²) < 4.78 is 0. The van der Waals surface area contributed by atoms with E-state index in [4.69, 9.17) is 0 Å². The lowest BCUT2D eigenvalue weighted by Gasteiger charge is -2.23. The highest BCUT2D eigenvalue weighted by Crippen LogP contribution is 2.37. The van der Waals surface area contributed by atoms with Gasteiger partial charge < -0.3 is 5.11 Å². The largest absolute Gasteiger partial charge is 0.508 e. The molecule has 1 N–H and O–H groups in total. The van der Waals surface area contributed by atoms with Crippen molar-refractivity contribution in [2.24, 2.45) is 0 Å². The van der Waals surface area contributed by atoms with Crippen molar-refractivity contribution in [1.82, 2.24) is 15.0 Å². The first kappa shape index (κ1) is 13.3. The number of fused-ring (bicyclic) bond motifs is 1. The molecule has 1 aliphatic carbocycles. The lowest BCUT2D eigenvalue weighted by molar-refractivity contribution is 0.414. The van der Waals surface area contributed by atoms with Gasteiger partial charge in [-0.3, -0.25) is 0 Å². The smallest absolute Gasteiger partial charge is 0.119 e. The number of aromatic hydroxyl groups is 1. The van der Waals surface area contributed by atoms with Crippen molar-refractivity contribution in [3.8, 4) is 11.4 Å². The van der Waals surface area contributed by atoms with Crippen LogP contribution in [-0.4, -0.2) is 20.1 Å². The van der Waals surface area contributed by atoms with Crippen molar-refractivity contribution in [2.75, 3.05) is 0 Å². The van der Waals surface area contributed by atoms with Gasteiger partial charge in [-0.15, -0.1) is 10.2 Å². The Morgan fingerprint density at radius 1 is 0.909 bits per heavy atom. The molecule has 3 aromatic rings. The molecule has 0 amide bonds. The van der Waals surface area contributed by atoms with Crippen LogP contribution in [0.5, 0.6) is 5.75 Å². The molecule has 4 heteroatoms. The van der Waals surface area contributed by atoms with Gasteiger partial charge in [0.15, 0.2) is 0 Å². The van der Waals surface area contributed by atoms with Crippen molar-refractivity contribution in [2.45, 2.75) is 38.0 Å². The molecule has 112 valence electrons. The van der Waals surface area contributed by atoms with E-state index in [1.165, 1.54) is 19.3 Å². The molecule has 1 fully saturated rings. The molecule has 0 unspecified atom stereocenters. The molecule has 0 bridgehead atoms. The summed E-state index contributed by atoms with van der Waals surface area (Å²) in [6.07, 6.45) is 6.12. The second kappa shape index (κ2) is 5.44. The number of rotatable bonds is 2. The maximum Gasteiger partial charge on any atom is 0.119 e. The highest BCUT2D eigenvalue weighted by molar-refractivity contribution is 5.73. The summed E-state index contributed by atoms with van der Waals surface area (Å²) in [5.74, 6) is 0.853. The van der Waals surface area contributed by atoms with Crippen molar-refractivity contribution in [3.05, 3.63) is 48.0 Å². The molecule has 1 heterocycles. The number of phenols is 1. The van der Waals surface area contributed by atoms with E-state index in [2.05, 4.69) is 10.2 Å². The van der Waals surface area contributed by atoms with Crippen LogP contribution < -0.4 is 0 Å². The van der Waals surface area contributed by atoms with Crippen LogP contribution in [-0.2, 0) is 0 Å². The van der Waals surface area contributed by atoms with E-state index >= 15 is 0 Å². The highest BCUT2D eigenvalue weighted by atomic mass is 16.3. The van der Waals surface area contributed by atoms with E-state index < -0.39 is 0 Å². The fraction of sp³-hybridized carbons (Fsp3) is 0.333. The molecule has 4 rings (SSSR count). The molecule has 4 nitrogen and oxygen atoms in total. The Hall–Kier alpha value is -2.36. The van der Waals surface area contributed by atoms with Crippen LogP contribution in [0.2, 0.25) is 0 Å². The topological polar surface area (TPSA) is 50.9 Å². The number of phenolic OH excluding ortho intramolecular Hbond substituents is 1. The fourth-order valence-corrected chi connectivity index (χ4v) is 3.38. The zero-order valence-electron chi connectivity index (χ0n) is 12.4. The van der Waals surface area contributed by atoms with Gasteiger partial charge in [0.1, 0.15) is 16.8 Å². The molecule has 0 radical (unpaired) electrons. The Balaban J connectivity index is 1.75. The predicted molar refractivity (Wildman–Crippen MR) is 86.4 cm³/mol. The zero-order chi connectivity index (χ0) is 14.9. The second-order valence-corrected chi connectivity index (χ2v) is 6.06. The van der Waals surface area contributed by atoms with Gasteiger partial charge in [0.2, 0.25) is 0 Å². The standard InChI is InChI=1S/C18H19N3O/c22-18-11-10-14(12-15(18)13-6-2-1-3-7-13)21-19-16-8-4-5-9-17(16)20-21/h4-5,8-13,22H,1-3,6-7H2. The number of nitrogens with zero attached hydrogens (tertiary/aromatic N) is 3. The summed E-state index contributed by atoms with van der Waals surface area (Å²) in [4.78, 5) is 1.66. The van der Waals surface area contributed by atoms with Crippen molar-refractivity contribution in [1.29, 1.82) is 0 Å². The fourth-order valence-electron chi connectivity index (χ4n) is 3.38. The van der Waals surface area contributed by atoms with E-state index in [9.17, 15) is 5.11 Å². The predicted octanol–water partition coefficient (Wildman–Crippen LogP) is 4.17. The van der Waals surface area contributed by atoms with Crippen LogP contribution >= 0.6 is 0 Å². The zero-order valence-corrected chi connectivity index (χ0v) is 12.4. The minimum Gasteiger partial charge on any atom is -0.508 e. The summed E-state index contributed by atoms with van der Waals surface area (Å²) >= 11 is 0. The van der Waals surface area contributed by atoms with Crippen LogP contribution in [0.4, 0.5) is 0 Å². The third-order valence-corrected chi connectivity index (χ3v) is 4.57. The van der Waals surface area contributed by atoms with Gasteiger partial charge in [-0.05, 0) is 54.7 Å². The van der Waals surface area contributed by atoms with E-state index in [1.54, 1.807) is 10.9 Å². The maximum atomic E-state index is 10.2. The third kappa shape index (κ3) is 2.34. The van der Waals surface area contributed by atoms with Gasteiger partial charge in [-0.2, -0.15) is 4.80 Å². The van der Waals surface area contributed by atoms with Gasteiger partial charge in [-0.1, -0.05) is 31.4 Å². The average molecular weight is 293 g/mol. The van der Waals surface area contributed by atoms with Crippen LogP contribution in [0.1, 0.15) is 43.6 Å². The molecule has 0 saturated heterocycles. The van der Waals surface area contributed by atoms with E-state index in [0.717, 1.165) is 35.1 Å². The molecule has 1 aromatic heterocycles. The molecule has 2 aromatic carbocycles. The van der Waals surface area contributed by atoms with Gasteiger partial charge in [0.25, 0.3) is 0 Å². The lowest BCUT2D eigenvalue weighted by Crippen LogP contribution is -2.06. The minimum absolute atomic E-state index is 0.396. The Bertz CT molecular complexity index is 770. The van der Waals surface area contributed by atoms with Crippen LogP contribution in [0.25, 0.3) is 16.7 Å². The first-order chi connectivity index (χ1) is 10.8. The summed E-state index contributed by atoms with van der Waals surface area (Å²) in [5.41, 5.74) is 3.72. The molecule has 1 aliphatic rings. The molecule has 0 aliphatic heterocycles. The Morgan fingerprint density at radius 2 is 1.59 bits per heavy atom. The summed E-state index contributed by atoms with van der Waals surface area (Å²) in [6.45, 7) is 0. The number of aromatic nitrogens is 3. The van der Waals surface area contributed by atoms with Gasteiger partial charge in [-0.25, -0.2) is 0 Å². The number of hydrogen-bond donors (Lipinski definition) is 1. The Kier molecular flexibility index (Phi) is 3.29. The Morgan fingerprint density at radius 3 is 2.27 bits per heavy atom. The Labute approximate surface area is 129 Å². The SMILES string of the molecule is Oc1ccc(-n2nc3ccccc3n2)cc1C1CCCCC1. The average Bonchev–Trinajstić information content (AvgIpc) is 3.00. The first-order valence-corrected chi connectivity index (χ1v) is 7.96. The summed E-state index contributed by atoms with van der Waals surface area (Å²) in [6, 6.07) is 13.5. The molecule has 0 spiro atoms. The summed E-state index contributed by atoms with van der Waals surface area (Å²) in [5, 5.41) is 19.3. The van der Waals surface area contributed by atoms with Crippen molar-refractivity contribution < 1.29 is 5.11 Å². The monoisotopic (exact) mass is 293 g/mol. The number of benzene rings is 2. The normalized spacial score (nSPS) is 16.2. The van der Waals surface area contributed by atoms with E-state index in [1.807, 2.05) is 36.4 Å². The third-order valence-electron chi connectivity index (χ3n) is 4.57. The summed E-state index contributed by atoms with van der Waals surface area (Å²) in [7, 11) is 0. The maximum absolute atomic E-state index is 10.2. The van der Waals surface area contributed by atoms with Gasteiger partial charge in [0.05, 0.1) is 5.69 Å². The van der Waals surface area contributed by atoms with Gasteiger partial charge in [0, 0.05) is 0 Å². The molecule has 1 saturated carbocycles. The molecule has 0 atom stereocenters. The van der Waals surface area contributed by atoms with Crippen molar-refractivity contribution in [3.63, 3.8) is 0 Å². The van der Waals surface area contributed by atoms with Crippen LogP contribution in [0.15, 0.2) is 42.5 Å². The highest BCUT2D eigenvalue weighted by Gasteiger charge is 2.19. The van der Waals surface area contributed by atoms with E-state index in [-0.39, 0.29) is 0 Å². The van der Waals surface area contributed by atoms with E-state index in [0.29, 0.717) is 11.7 Å². The first-order valence-electron chi connectivity index (χ1n) is 7.96. The quantitative estimate of drug-likeness (QED) is 0.771. The minimum atomic E-state index is 0.396. The molecular formula is C18H19N3O. The van der Waals surface area contributed by atoms with Crippen LogP contribution in [0.3, 0.4) is 0 Å². The van der Waals surface area contributed by atoms with Crippen molar-refractivity contribution >= 4 is 11.0 Å². The van der Waals surface area contributed by atoms with Gasteiger partial charge >= 0.3 is 0 Å². The molecular weight excluding hydrogens is 274 g/mol.